The smallest absolute Gasteiger partial charge is 0.229 e. The van der Waals surface area contributed by atoms with Crippen molar-refractivity contribution in [3.63, 3.8) is 0 Å². The molecule has 0 aliphatic rings. The molecule has 0 aliphatic carbocycles. The second-order valence-corrected chi connectivity index (χ2v) is 6.46. The molecule has 3 rings (SSSR count). The fraction of sp³-hybridized carbons (Fsp3) is 0.350. The first kappa shape index (κ1) is 17.1. The average molecular weight is 335 g/mol. The Morgan fingerprint density at radius 3 is 2.36 bits per heavy atom. The van der Waals surface area contributed by atoms with Crippen molar-refractivity contribution in [1.82, 2.24) is 19.7 Å². The third-order valence-electron chi connectivity index (χ3n) is 4.10. The number of anilines is 2. The summed E-state index contributed by atoms with van der Waals surface area (Å²) in [6.07, 6.45) is 3.56. The van der Waals surface area contributed by atoms with Crippen molar-refractivity contribution in [1.29, 1.82) is 0 Å². The molecule has 5 nitrogen and oxygen atoms in total. The summed E-state index contributed by atoms with van der Waals surface area (Å²) >= 11 is 0. The van der Waals surface area contributed by atoms with E-state index in [1.807, 2.05) is 37.6 Å². The van der Waals surface area contributed by atoms with E-state index in [1.165, 1.54) is 18.4 Å². The highest BCUT2D eigenvalue weighted by molar-refractivity contribution is 5.54. The first-order valence-corrected chi connectivity index (χ1v) is 8.80. The van der Waals surface area contributed by atoms with Crippen LogP contribution in [0.3, 0.4) is 0 Å². The van der Waals surface area contributed by atoms with Gasteiger partial charge in [0.2, 0.25) is 5.95 Å². The summed E-state index contributed by atoms with van der Waals surface area (Å²) in [5, 5.41) is 7.81. The molecule has 0 spiro atoms. The van der Waals surface area contributed by atoms with Crippen molar-refractivity contribution < 1.29 is 0 Å². The lowest BCUT2D eigenvalue weighted by Crippen LogP contribution is -2.07. The fourth-order valence-electron chi connectivity index (χ4n) is 2.84. The van der Waals surface area contributed by atoms with E-state index in [-0.39, 0.29) is 0 Å². The van der Waals surface area contributed by atoms with Gasteiger partial charge in [-0.25, -0.2) is 9.67 Å². The van der Waals surface area contributed by atoms with Gasteiger partial charge in [-0.2, -0.15) is 10.1 Å². The van der Waals surface area contributed by atoms with Gasteiger partial charge < -0.3 is 5.32 Å². The van der Waals surface area contributed by atoms with Crippen LogP contribution in [0.5, 0.6) is 0 Å². The van der Waals surface area contributed by atoms with E-state index >= 15 is 0 Å². The van der Waals surface area contributed by atoms with Crippen LogP contribution >= 0.6 is 0 Å². The standard InChI is InChI=1S/C20H25N5/c1-5-6-7-17-8-10-18(11-9-17)22-20-21-14(2)13-19(23-20)25-16(4)12-15(3)24-25/h8-13H,5-7H2,1-4H3,(H,21,22,23). The van der Waals surface area contributed by atoms with Crippen LogP contribution < -0.4 is 5.32 Å². The number of nitrogens with one attached hydrogen (secondary N) is 1. The number of hydrogen-bond donors (Lipinski definition) is 1. The lowest BCUT2D eigenvalue weighted by Gasteiger charge is -2.10. The van der Waals surface area contributed by atoms with Gasteiger partial charge in [0.1, 0.15) is 0 Å². The van der Waals surface area contributed by atoms with Crippen LogP contribution in [0.1, 0.15) is 42.4 Å². The summed E-state index contributed by atoms with van der Waals surface area (Å²) in [6.45, 7) is 8.19. The van der Waals surface area contributed by atoms with E-state index < -0.39 is 0 Å². The molecule has 3 aromatic rings. The van der Waals surface area contributed by atoms with Crippen LogP contribution in [-0.4, -0.2) is 19.7 Å². The Bertz CT molecular complexity index is 849. The van der Waals surface area contributed by atoms with Gasteiger partial charge in [0.25, 0.3) is 0 Å². The van der Waals surface area contributed by atoms with Crippen molar-refractivity contribution in [3.05, 3.63) is 59.0 Å². The highest BCUT2D eigenvalue weighted by Gasteiger charge is 2.09. The summed E-state index contributed by atoms with van der Waals surface area (Å²) in [5.41, 5.74) is 5.29. The van der Waals surface area contributed by atoms with E-state index in [2.05, 4.69) is 51.6 Å². The van der Waals surface area contributed by atoms with Crippen molar-refractivity contribution in [2.45, 2.75) is 47.0 Å². The Labute approximate surface area is 149 Å². The third kappa shape index (κ3) is 4.24. The maximum Gasteiger partial charge on any atom is 0.229 e. The summed E-state index contributed by atoms with van der Waals surface area (Å²) in [7, 11) is 0. The monoisotopic (exact) mass is 335 g/mol. The summed E-state index contributed by atoms with van der Waals surface area (Å²) in [6, 6.07) is 12.5. The van der Waals surface area contributed by atoms with Gasteiger partial charge in [-0.05, 0) is 57.4 Å². The lowest BCUT2D eigenvalue weighted by atomic mass is 10.1. The molecule has 0 fully saturated rings. The number of aromatic nitrogens is 4. The molecular formula is C20H25N5. The van der Waals surface area contributed by atoms with Gasteiger partial charge >= 0.3 is 0 Å². The van der Waals surface area contributed by atoms with Gasteiger partial charge in [-0.3, -0.25) is 0 Å². The molecule has 0 saturated carbocycles. The number of benzene rings is 1. The van der Waals surface area contributed by atoms with Crippen LogP contribution in [0, 0.1) is 20.8 Å². The third-order valence-corrected chi connectivity index (χ3v) is 4.10. The normalized spacial score (nSPS) is 10.9. The van der Waals surface area contributed by atoms with Crippen LogP contribution in [-0.2, 0) is 6.42 Å². The molecule has 0 bridgehead atoms. The Kier molecular flexibility index (Phi) is 5.12. The molecule has 0 amide bonds. The van der Waals surface area contributed by atoms with Gasteiger partial charge in [0.15, 0.2) is 5.82 Å². The molecule has 2 aromatic heterocycles. The fourth-order valence-corrected chi connectivity index (χ4v) is 2.84. The van der Waals surface area contributed by atoms with Crippen molar-refractivity contribution in [2.75, 3.05) is 5.32 Å². The molecule has 1 N–H and O–H groups in total. The second kappa shape index (κ2) is 7.47. The average Bonchev–Trinajstić information content (AvgIpc) is 2.92. The topological polar surface area (TPSA) is 55.6 Å². The molecular weight excluding hydrogens is 310 g/mol. The van der Waals surface area contributed by atoms with E-state index in [9.17, 15) is 0 Å². The number of rotatable bonds is 6. The SMILES string of the molecule is CCCCc1ccc(Nc2nc(C)cc(-n3nc(C)cc3C)n2)cc1. The van der Waals surface area contributed by atoms with Crippen molar-refractivity contribution in [2.24, 2.45) is 0 Å². The van der Waals surface area contributed by atoms with Crippen molar-refractivity contribution in [3.8, 4) is 5.82 Å². The molecule has 0 radical (unpaired) electrons. The van der Waals surface area contributed by atoms with E-state index in [1.54, 1.807) is 0 Å². The molecule has 5 heteroatoms. The molecule has 0 unspecified atom stereocenters. The minimum atomic E-state index is 0.587. The summed E-state index contributed by atoms with van der Waals surface area (Å²) in [5.74, 6) is 1.36. The van der Waals surface area contributed by atoms with Gasteiger partial charge in [0, 0.05) is 23.1 Å². The molecule has 0 saturated heterocycles. The molecule has 130 valence electrons. The van der Waals surface area contributed by atoms with E-state index in [0.717, 1.165) is 35.0 Å². The van der Waals surface area contributed by atoms with Crippen LogP contribution in [0.25, 0.3) is 5.82 Å². The number of aryl methyl sites for hydroxylation is 4. The predicted molar refractivity (Wildman–Crippen MR) is 102 cm³/mol. The maximum atomic E-state index is 4.62. The first-order chi connectivity index (χ1) is 12.0. The highest BCUT2D eigenvalue weighted by atomic mass is 15.3. The van der Waals surface area contributed by atoms with Crippen molar-refractivity contribution >= 4 is 11.6 Å². The number of hydrogen-bond acceptors (Lipinski definition) is 4. The minimum absolute atomic E-state index is 0.587. The summed E-state index contributed by atoms with van der Waals surface area (Å²) in [4.78, 5) is 9.12. The number of nitrogens with zero attached hydrogens (tertiary/aromatic N) is 4. The van der Waals surface area contributed by atoms with E-state index in [4.69, 9.17) is 0 Å². The zero-order valence-corrected chi connectivity index (χ0v) is 15.4. The maximum absolute atomic E-state index is 4.62. The molecule has 0 aliphatic heterocycles. The molecule has 2 heterocycles. The van der Waals surface area contributed by atoms with E-state index in [0.29, 0.717) is 5.95 Å². The van der Waals surface area contributed by atoms with Gasteiger partial charge in [0.05, 0.1) is 5.69 Å². The largest absolute Gasteiger partial charge is 0.324 e. The van der Waals surface area contributed by atoms with Gasteiger partial charge in [-0.15, -0.1) is 0 Å². The molecule has 0 atom stereocenters. The predicted octanol–water partition coefficient (Wildman–Crippen LogP) is 4.67. The van der Waals surface area contributed by atoms with Crippen LogP contribution in [0.4, 0.5) is 11.6 Å². The lowest BCUT2D eigenvalue weighted by molar-refractivity contribution is 0.795. The molecule has 1 aromatic carbocycles. The minimum Gasteiger partial charge on any atom is -0.324 e. The molecule has 25 heavy (non-hydrogen) atoms. The Hall–Kier alpha value is -2.69. The zero-order valence-electron chi connectivity index (χ0n) is 15.4. The Morgan fingerprint density at radius 2 is 1.72 bits per heavy atom. The zero-order chi connectivity index (χ0) is 17.8. The second-order valence-electron chi connectivity index (χ2n) is 6.46. The highest BCUT2D eigenvalue weighted by Crippen LogP contribution is 2.18. The van der Waals surface area contributed by atoms with Crippen LogP contribution in [0.2, 0.25) is 0 Å². The summed E-state index contributed by atoms with van der Waals surface area (Å²) < 4.78 is 1.85. The quantitative estimate of drug-likeness (QED) is 0.711. The van der Waals surface area contributed by atoms with Gasteiger partial charge in [-0.1, -0.05) is 25.5 Å². The van der Waals surface area contributed by atoms with Crippen LogP contribution in [0.15, 0.2) is 36.4 Å². The Morgan fingerprint density at radius 1 is 0.960 bits per heavy atom. The number of unbranched alkanes of at least 4 members (excludes halogenated alkanes) is 1. The first-order valence-electron chi connectivity index (χ1n) is 8.80. The Balaban J connectivity index is 1.82.